The van der Waals surface area contributed by atoms with Gasteiger partial charge in [0.1, 0.15) is 23.2 Å². The number of carboxylic acid groups (broad SMARTS) is 5. The first-order valence-corrected chi connectivity index (χ1v) is 45.8. The van der Waals surface area contributed by atoms with Crippen molar-refractivity contribution in [1.29, 1.82) is 5.41 Å². The van der Waals surface area contributed by atoms with Crippen molar-refractivity contribution in [3.8, 4) is 0 Å². The number of aliphatic carboxylic acids is 5. The zero-order valence-electron chi connectivity index (χ0n) is 75.7. The second-order valence-corrected chi connectivity index (χ2v) is 35.2. The van der Waals surface area contributed by atoms with Gasteiger partial charge in [0.25, 0.3) is 23.3 Å². The van der Waals surface area contributed by atoms with Gasteiger partial charge in [0.2, 0.25) is 29.6 Å². The Morgan fingerprint density at radius 2 is 1.27 bits per heavy atom. The number of nitrogens with one attached hydrogen (secondary N) is 12. The SMILES string of the molecule is C/C(CCOC(OCCN1C(=O)CC(SC[C@@H](CC(=O)[C@H](CC(=O)O)NC(=O)[C@H](CC(=O)O)CC(=O)[C@H](CCCNC(=N)N)NC(=O)[C@H](CC(=O)O)CC(=O)CC[C@H](NC(=O)c2ccc(NCc3cnc4nc(N)[nH]c(=O)c4n3)cc2)C(=O)O)C(=O)O)C1=O)c1ccc(C)cc1)=N/NC(=O)Nc1ccc2[nH]c(C(=O)Nc3ccc4[nH]c(C(=O)N5CC(CCl)c6c5cc(C)c5ccccc65)cc4c3)cc2c1. The minimum atomic E-state index is -2.07. The summed E-state index contributed by atoms with van der Waals surface area (Å²) in [5, 5.41) is 82.2. The Labute approximate surface area is 804 Å². The van der Waals surface area contributed by atoms with E-state index in [1.54, 1.807) is 84.6 Å². The maximum atomic E-state index is 14.3. The zero-order chi connectivity index (χ0) is 101. The second kappa shape index (κ2) is 47.2. The molecule has 12 rings (SSSR count). The molecule has 3 unspecified atom stereocenters. The molecule has 0 radical (unpaired) electrons. The highest BCUT2D eigenvalue weighted by Crippen LogP contribution is 2.44. The number of ether oxygens (including phenoxy) is 2. The summed E-state index contributed by atoms with van der Waals surface area (Å²) in [6, 6.07) is 30.4. The minimum absolute atomic E-state index is 0.0103. The molecular formula is C94H101ClN20O24S. The van der Waals surface area contributed by atoms with Gasteiger partial charge in [-0.25, -0.2) is 25.0 Å². The number of urea groups is 1. The zero-order valence-corrected chi connectivity index (χ0v) is 77.2. The molecule has 1 saturated heterocycles. The maximum absolute atomic E-state index is 14.3. The molecule has 2 aliphatic rings. The van der Waals surface area contributed by atoms with Crippen LogP contribution in [0, 0.1) is 37.0 Å². The van der Waals surface area contributed by atoms with Gasteiger partial charge in [0.05, 0.1) is 92.5 Å². The molecule has 9 atom stereocenters. The Hall–Kier alpha value is -15.9. The second-order valence-electron chi connectivity index (χ2n) is 33.6. The van der Waals surface area contributed by atoms with Crippen molar-refractivity contribution in [2.45, 2.75) is 140 Å². The number of fused-ring (bicyclic) bond motifs is 6. The van der Waals surface area contributed by atoms with E-state index in [0.717, 1.165) is 38.1 Å². The number of aryl methyl sites for hydroxylation is 2. The monoisotopic (exact) mass is 1960 g/mol. The van der Waals surface area contributed by atoms with Crippen LogP contribution in [-0.2, 0) is 73.6 Å². The molecule has 140 heavy (non-hydrogen) atoms. The van der Waals surface area contributed by atoms with E-state index in [1.807, 2.05) is 32.0 Å². The predicted octanol–water partition coefficient (Wildman–Crippen LogP) is 7.49. The summed E-state index contributed by atoms with van der Waals surface area (Å²) in [4.78, 5) is 250. The molecule has 6 heterocycles. The number of carboxylic acids is 5. The Bertz CT molecular complexity index is 6590. The summed E-state index contributed by atoms with van der Waals surface area (Å²) in [6.45, 7) is 5.32. The first-order chi connectivity index (χ1) is 66.8. The number of benzene rings is 6. The quantitative estimate of drug-likeness (QED) is 0.00334. The number of nitrogen functional groups attached to an aromatic ring is 1. The largest absolute Gasteiger partial charge is 0.481 e. The van der Waals surface area contributed by atoms with E-state index in [4.69, 9.17) is 38.0 Å². The first kappa shape index (κ1) is 103. The number of carbonyl (C=O) groups is 16. The lowest BCUT2D eigenvalue weighted by Crippen LogP contribution is -2.48. The van der Waals surface area contributed by atoms with Gasteiger partial charge in [0, 0.05) is 131 Å². The standard InChI is InChI=1S/C94H101ClN20O24S/c1-46-10-12-50(13-11-46)91(138-27-24-48(3)112-113-94(137)104-59-19-22-64-51(31-59)33-69(105-64)85(129)103-58-18-21-65-52(30-58)34-70(106-65)87(131)115-44-56(41-95)79-63-8-5-4-7-62(63)47(2)29-71(79)115)139-28-26-114-75(119)40-74(88(114)132)140-45-55(89(133)134)36-73(118)68(39-78(124)125)109-84(128)54(38-77(122)123)35-72(117)66(9-6-25-99-92(96)97)107-83(127)53(37-76(120)121)32-61(116)20-23-67(90(135)136)108-82(126)49-14-16-57(17-15-49)100-42-60-43-101-81-80(102-60)86(130)111-93(98)110-81/h4-5,7-8,10-19,21-22,29-31,33-34,43,53-56,66-68,74,91,100,105-106H,6,9,20,23-28,32,35-42,44-45H2,1-3H3,(H,103,129)(H,107,127)(H,108,126)(H,109,128)(H,120,121)(H,122,123)(H,124,125)(H,133,134)(H,135,136)(H4,96,97,99)(H2,104,113,137)(H3,98,101,110,111,130)/b112-48-/t53-,54-,55+,56?,66-,67-,68-,74?,91?/m0/s1. The van der Waals surface area contributed by atoms with Crippen molar-refractivity contribution < 1.29 is 112 Å². The van der Waals surface area contributed by atoms with Gasteiger partial charge in [-0.15, -0.1) is 23.4 Å². The van der Waals surface area contributed by atoms with Crippen LogP contribution in [0.4, 0.5) is 33.5 Å². The van der Waals surface area contributed by atoms with Gasteiger partial charge in [-0.1, -0.05) is 54.1 Å². The van der Waals surface area contributed by atoms with Gasteiger partial charge < -0.3 is 98.6 Å². The van der Waals surface area contributed by atoms with E-state index >= 15 is 0 Å². The third kappa shape index (κ3) is 27.5. The van der Waals surface area contributed by atoms with E-state index in [2.05, 4.69) is 89.8 Å². The lowest BCUT2D eigenvalue weighted by Gasteiger charge is -2.24. The number of rotatable bonds is 50. The fourth-order valence-corrected chi connectivity index (χ4v) is 17.5. The highest BCUT2D eigenvalue weighted by molar-refractivity contribution is 8.00. The van der Waals surface area contributed by atoms with Crippen molar-refractivity contribution in [2.75, 3.05) is 71.1 Å². The Balaban J connectivity index is 0.588. The number of hydrogen-bond acceptors (Lipinski definition) is 27. The maximum Gasteiger partial charge on any atom is 0.339 e. The minimum Gasteiger partial charge on any atom is -0.481 e. The topological polar surface area (TPSA) is 687 Å². The predicted molar refractivity (Wildman–Crippen MR) is 513 cm³/mol. The Morgan fingerprint density at radius 1 is 0.650 bits per heavy atom. The van der Waals surface area contributed by atoms with Gasteiger partial charge in [-0.2, -0.15) is 10.1 Å². The van der Waals surface area contributed by atoms with Crippen LogP contribution in [0.1, 0.15) is 155 Å². The van der Waals surface area contributed by atoms with Crippen molar-refractivity contribution in [3.63, 3.8) is 0 Å². The fraction of sp³-hybridized carbons (Fsp3) is 0.340. The van der Waals surface area contributed by atoms with Crippen molar-refractivity contribution in [2.24, 2.45) is 28.6 Å². The molecule has 734 valence electrons. The number of likely N-dealkylation sites (tertiary alicyclic amines) is 1. The molecule has 0 bridgehead atoms. The first-order valence-electron chi connectivity index (χ1n) is 44.2. The number of alkyl halides is 1. The molecule has 46 heteroatoms. The van der Waals surface area contributed by atoms with E-state index in [-0.39, 0.29) is 92.3 Å². The van der Waals surface area contributed by atoms with E-state index in [1.165, 1.54) is 30.5 Å². The third-order valence-corrected chi connectivity index (χ3v) is 25.0. The normalized spacial score (nSPS) is 15.0. The number of anilines is 5. The summed E-state index contributed by atoms with van der Waals surface area (Å²) in [6.07, 6.45) is -7.95. The third-order valence-electron chi connectivity index (χ3n) is 23.3. The number of hydrazone groups is 1. The van der Waals surface area contributed by atoms with Crippen LogP contribution in [0.15, 0.2) is 143 Å². The molecule has 6 aromatic carbocycles. The molecular weight excluding hydrogens is 1860 g/mol. The van der Waals surface area contributed by atoms with E-state index in [0.29, 0.717) is 85.7 Å². The van der Waals surface area contributed by atoms with Crippen LogP contribution >= 0.6 is 23.4 Å². The number of thioether (sulfide) groups is 1. The number of amides is 9. The lowest BCUT2D eigenvalue weighted by atomic mass is 9.90. The summed E-state index contributed by atoms with van der Waals surface area (Å²) < 4.78 is 12.3. The average molecular weight is 1960 g/mol. The van der Waals surface area contributed by atoms with Gasteiger partial charge >= 0.3 is 35.9 Å². The number of nitrogens with zero attached hydrogens (tertiary/aromatic N) is 6. The fourth-order valence-electron chi connectivity index (χ4n) is 16.0. The summed E-state index contributed by atoms with van der Waals surface area (Å²) in [7, 11) is 0. The molecule has 10 aromatic rings. The van der Waals surface area contributed by atoms with E-state index in [9.17, 15) is 107 Å². The van der Waals surface area contributed by atoms with Crippen LogP contribution < -0.4 is 64.6 Å². The summed E-state index contributed by atoms with van der Waals surface area (Å²) in [5.74, 6) is -23.2. The smallest absolute Gasteiger partial charge is 0.339 e. The molecule has 9 amide bonds. The number of nitrogens with two attached hydrogens (primary N) is 2. The van der Waals surface area contributed by atoms with Gasteiger partial charge in [-0.05, 0) is 141 Å². The number of Topliss-reactive ketones (excluding diaryl/α,β-unsaturated/α-hetero) is 3. The number of aromatic amines is 3. The molecule has 4 aromatic heterocycles. The number of imide groups is 1. The molecule has 0 saturated carbocycles. The number of guanidine groups is 1. The lowest BCUT2D eigenvalue weighted by molar-refractivity contribution is -0.155. The van der Waals surface area contributed by atoms with Crippen LogP contribution in [0.25, 0.3) is 43.7 Å². The highest BCUT2D eigenvalue weighted by atomic mass is 35.5. The van der Waals surface area contributed by atoms with Crippen LogP contribution in [0.3, 0.4) is 0 Å². The number of aromatic nitrogens is 6. The molecule has 1 fully saturated rings. The van der Waals surface area contributed by atoms with Gasteiger partial charge in [0.15, 0.2) is 35.0 Å². The van der Waals surface area contributed by atoms with Crippen molar-refractivity contribution >= 4 is 202 Å². The number of halogens is 1. The molecule has 2 aliphatic heterocycles. The number of H-pyrrole nitrogens is 3. The van der Waals surface area contributed by atoms with E-state index < -0.39 is 211 Å². The number of hydrogen-bond donors (Lipinski definition) is 19. The van der Waals surface area contributed by atoms with Crippen molar-refractivity contribution in [1.82, 2.24) is 61.5 Å². The highest BCUT2D eigenvalue weighted by Gasteiger charge is 2.42. The van der Waals surface area contributed by atoms with Crippen LogP contribution in [0.5, 0.6) is 0 Å². The van der Waals surface area contributed by atoms with Gasteiger partial charge in [-0.3, -0.25) is 87.2 Å². The Kier molecular flexibility index (Phi) is 34.8. The average Bonchev–Trinajstić information content (AvgIpc) is 1.58. The summed E-state index contributed by atoms with van der Waals surface area (Å²) >= 11 is 7.20. The number of ketones is 3. The Morgan fingerprint density at radius 3 is 1.93 bits per heavy atom. The van der Waals surface area contributed by atoms with Crippen LogP contribution in [0.2, 0.25) is 0 Å². The summed E-state index contributed by atoms with van der Waals surface area (Å²) in [5.41, 5.74) is 21.2. The molecule has 0 spiro atoms. The number of carbonyl (C=O) groups excluding carboxylic acids is 11. The van der Waals surface area contributed by atoms with Crippen LogP contribution in [-0.4, -0.2) is 234 Å². The molecule has 0 aliphatic carbocycles. The molecule has 44 nitrogen and oxygen atoms in total. The van der Waals surface area contributed by atoms with Crippen molar-refractivity contribution in [3.05, 3.63) is 189 Å². The molecule has 21 N–H and O–H groups in total.